The second kappa shape index (κ2) is 15.1. The summed E-state index contributed by atoms with van der Waals surface area (Å²) in [6.07, 6.45) is 0. The third-order valence-electron chi connectivity index (χ3n) is 11.5. The molecule has 1 aromatic heterocycles. The molecule has 0 N–H and O–H groups in total. The van der Waals surface area contributed by atoms with Gasteiger partial charge >= 0.3 is 0 Å². The summed E-state index contributed by atoms with van der Waals surface area (Å²) >= 11 is 0. The fourth-order valence-electron chi connectivity index (χ4n) is 8.47. The lowest BCUT2D eigenvalue weighted by atomic mass is 9.97. The van der Waals surface area contributed by atoms with E-state index in [2.05, 4.69) is 173 Å². The molecule has 0 fully saturated rings. The Hall–Kier alpha value is -7.94. The molecule has 0 amide bonds. The minimum absolute atomic E-state index is 0.188. The van der Waals surface area contributed by atoms with Crippen molar-refractivity contribution in [2.45, 2.75) is 0 Å². The van der Waals surface area contributed by atoms with Crippen molar-refractivity contribution < 1.29 is 6.85 Å². The minimum atomic E-state index is -0.399. The zero-order valence-corrected chi connectivity index (χ0v) is 32.6. The van der Waals surface area contributed by atoms with E-state index in [9.17, 15) is 0 Å². The largest absolute Gasteiger partial charge is 0.310 e. The van der Waals surface area contributed by atoms with Gasteiger partial charge in [-0.15, -0.1) is 0 Å². The summed E-state index contributed by atoms with van der Waals surface area (Å²) in [4.78, 5) is 2.16. The fraction of sp³-hybridized carbons (Fsp3) is 0. The van der Waals surface area contributed by atoms with Crippen molar-refractivity contribution >= 4 is 49.6 Å². The van der Waals surface area contributed by atoms with Crippen molar-refractivity contribution in [3.63, 3.8) is 0 Å². The van der Waals surface area contributed by atoms with Crippen molar-refractivity contribution in [2.24, 2.45) is 0 Å². The van der Waals surface area contributed by atoms with Crippen LogP contribution in [0.3, 0.4) is 0 Å². The number of para-hydroxylation sites is 2. The van der Waals surface area contributed by atoms with Crippen LogP contribution >= 0.6 is 0 Å². The van der Waals surface area contributed by atoms with E-state index in [0.29, 0.717) is 5.56 Å². The first-order valence-electron chi connectivity index (χ1n) is 22.7. The smallest absolute Gasteiger partial charge is 0.0629 e. The molecule has 0 aliphatic heterocycles. The maximum Gasteiger partial charge on any atom is 0.0629 e. The molecule has 0 aliphatic rings. The molecule has 0 bridgehead atoms. The van der Waals surface area contributed by atoms with E-state index in [0.717, 1.165) is 50.2 Å². The summed E-state index contributed by atoms with van der Waals surface area (Å²) in [5.41, 5.74) is 14.1. The van der Waals surface area contributed by atoms with Gasteiger partial charge in [0, 0.05) is 33.5 Å². The van der Waals surface area contributed by atoms with Crippen LogP contribution in [0.2, 0.25) is 0 Å². The van der Waals surface area contributed by atoms with Gasteiger partial charge in [-0.25, -0.2) is 0 Å². The summed E-state index contributed by atoms with van der Waals surface area (Å²) in [6.45, 7) is 0. The quantitative estimate of drug-likeness (QED) is 0.149. The SMILES string of the molecule is [2H]c1c([2H])c([2H])c(-c2ccc(N(c3ccccc3)c3ccc4cc(-c5ccc(-c6ccc7c(c6)c6ccccc6n7-c6ccc(-c7ccccc7)cc6)cc5)ccc4c3)cc2)c([2H])c1[2H]. The van der Waals surface area contributed by atoms with Crippen LogP contribution in [0.4, 0.5) is 17.1 Å². The van der Waals surface area contributed by atoms with E-state index in [-0.39, 0.29) is 29.7 Å². The molecule has 2 nitrogen and oxygen atoms in total. The lowest BCUT2D eigenvalue weighted by Gasteiger charge is -2.26. The van der Waals surface area contributed by atoms with Gasteiger partial charge < -0.3 is 9.47 Å². The van der Waals surface area contributed by atoms with Gasteiger partial charge in [0.15, 0.2) is 0 Å². The molecule has 2 heteroatoms. The van der Waals surface area contributed by atoms with Crippen LogP contribution in [0.25, 0.3) is 82.8 Å². The van der Waals surface area contributed by atoms with Crippen LogP contribution in [0, 0.1) is 0 Å². The Balaban J connectivity index is 0.880. The molecule has 11 rings (SSSR count). The molecule has 1 heterocycles. The van der Waals surface area contributed by atoms with Gasteiger partial charge in [0.05, 0.1) is 17.9 Å². The Morgan fingerprint density at radius 2 is 0.800 bits per heavy atom. The molecule has 10 aromatic carbocycles. The summed E-state index contributed by atoms with van der Waals surface area (Å²) in [6, 6.07) is 72.8. The van der Waals surface area contributed by atoms with Crippen LogP contribution in [-0.4, -0.2) is 4.57 Å². The predicted molar refractivity (Wildman–Crippen MR) is 255 cm³/mol. The Labute approximate surface area is 357 Å². The van der Waals surface area contributed by atoms with Gasteiger partial charge in [-0.2, -0.15) is 0 Å². The molecule has 11 aromatic rings. The van der Waals surface area contributed by atoms with Crippen LogP contribution < -0.4 is 4.90 Å². The van der Waals surface area contributed by atoms with E-state index in [1.807, 2.05) is 48.5 Å². The highest BCUT2D eigenvalue weighted by atomic mass is 15.1. The van der Waals surface area contributed by atoms with Crippen molar-refractivity contribution in [1.29, 1.82) is 0 Å². The molecule has 60 heavy (non-hydrogen) atoms. The standard InChI is InChI=1S/C58H40N2/c1-4-12-41(13-5-1)43-26-32-52(33-27-43)59(51-16-8-3-9-17-51)54-36-30-48-38-47(24-25-49(48)39-54)45-20-22-46(23-21-45)50-31-37-58-56(40-50)55-18-10-11-19-57(55)60(58)53-34-28-44(29-35-53)42-14-6-2-7-15-42/h1-40H/i1D,4D,5D,12D,13D. The minimum Gasteiger partial charge on any atom is -0.310 e. The number of benzene rings is 10. The van der Waals surface area contributed by atoms with E-state index in [4.69, 9.17) is 6.85 Å². The summed E-state index contributed by atoms with van der Waals surface area (Å²) in [7, 11) is 0. The van der Waals surface area contributed by atoms with Gasteiger partial charge in [0.2, 0.25) is 0 Å². The molecule has 0 atom stereocenters. The predicted octanol–water partition coefficient (Wildman–Crippen LogP) is 16.1. The molecule has 0 unspecified atom stereocenters. The first kappa shape index (κ1) is 30.2. The Bertz CT molecular complexity index is 3540. The zero-order valence-electron chi connectivity index (χ0n) is 37.6. The fourth-order valence-corrected chi connectivity index (χ4v) is 8.47. The van der Waals surface area contributed by atoms with Gasteiger partial charge in [0.1, 0.15) is 0 Å². The molecule has 0 radical (unpaired) electrons. The number of fused-ring (bicyclic) bond motifs is 4. The zero-order chi connectivity index (χ0) is 44.2. The van der Waals surface area contributed by atoms with Gasteiger partial charge in [-0.05, 0) is 128 Å². The molecule has 282 valence electrons. The number of hydrogen-bond donors (Lipinski definition) is 0. The van der Waals surface area contributed by atoms with Crippen molar-refractivity contribution in [1.82, 2.24) is 4.57 Å². The highest BCUT2D eigenvalue weighted by molar-refractivity contribution is 6.10. The maximum absolute atomic E-state index is 8.48. The number of rotatable bonds is 8. The highest BCUT2D eigenvalue weighted by Crippen LogP contribution is 2.39. The average molecular weight is 770 g/mol. The van der Waals surface area contributed by atoms with Gasteiger partial charge in [0.25, 0.3) is 0 Å². The normalized spacial score (nSPS) is 12.5. The number of anilines is 3. The molecule has 0 aliphatic carbocycles. The summed E-state index contributed by atoms with van der Waals surface area (Å²) in [5, 5.41) is 4.67. The number of nitrogens with zero attached hydrogens (tertiary/aromatic N) is 2. The lowest BCUT2D eigenvalue weighted by molar-refractivity contribution is 1.18. The van der Waals surface area contributed by atoms with Crippen molar-refractivity contribution in [3.8, 4) is 50.2 Å². The van der Waals surface area contributed by atoms with Crippen LogP contribution in [0.5, 0.6) is 0 Å². The highest BCUT2D eigenvalue weighted by Gasteiger charge is 2.16. The molecule has 0 saturated heterocycles. The summed E-state index contributed by atoms with van der Waals surface area (Å²) in [5.74, 6) is 0. The molecule has 0 saturated carbocycles. The lowest BCUT2D eigenvalue weighted by Crippen LogP contribution is -2.09. The van der Waals surface area contributed by atoms with Crippen LogP contribution in [-0.2, 0) is 0 Å². The van der Waals surface area contributed by atoms with Gasteiger partial charge in [-0.1, -0.05) is 170 Å². The Morgan fingerprint density at radius 1 is 0.317 bits per heavy atom. The first-order valence-corrected chi connectivity index (χ1v) is 20.2. The van der Waals surface area contributed by atoms with Gasteiger partial charge in [-0.3, -0.25) is 0 Å². The second-order valence-electron chi connectivity index (χ2n) is 15.0. The number of hydrogen-bond acceptors (Lipinski definition) is 1. The van der Waals surface area contributed by atoms with E-state index < -0.39 is 6.04 Å². The molecular formula is C58H40N2. The van der Waals surface area contributed by atoms with E-state index in [1.165, 1.54) is 38.5 Å². The van der Waals surface area contributed by atoms with Crippen molar-refractivity contribution in [3.05, 3.63) is 243 Å². The monoisotopic (exact) mass is 769 g/mol. The average Bonchev–Trinajstić information content (AvgIpc) is 3.70. The second-order valence-corrected chi connectivity index (χ2v) is 15.0. The van der Waals surface area contributed by atoms with E-state index >= 15 is 0 Å². The summed E-state index contributed by atoms with van der Waals surface area (Å²) < 4.78 is 43.6. The van der Waals surface area contributed by atoms with Crippen LogP contribution in [0.15, 0.2) is 243 Å². The molecule has 0 spiro atoms. The topological polar surface area (TPSA) is 8.17 Å². The van der Waals surface area contributed by atoms with Crippen LogP contribution in [0.1, 0.15) is 6.85 Å². The first-order chi connectivity index (χ1) is 31.8. The van der Waals surface area contributed by atoms with E-state index in [1.54, 1.807) is 0 Å². The third-order valence-corrected chi connectivity index (χ3v) is 11.5. The van der Waals surface area contributed by atoms with Crippen molar-refractivity contribution in [2.75, 3.05) is 4.90 Å². The third kappa shape index (κ3) is 6.51. The Morgan fingerprint density at radius 3 is 1.55 bits per heavy atom. The maximum atomic E-state index is 8.48. The number of aromatic nitrogens is 1. The molecular weight excluding hydrogens is 725 g/mol. The Kier molecular flexibility index (Phi) is 7.59.